The van der Waals surface area contributed by atoms with Crippen molar-refractivity contribution in [3.63, 3.8) is 0 Å². The topological polar surface area (TPSA) is 49.3 Å². The monoisotopic (exact) mass is 324 g/mol. The van der Waals surface area contributed by atoms with Crippen LogP contribution in [0.3, 0.4) is 0 Å². The van der Waals surface area contributed by atoms with Crippen molar-refractivity contribution in [3.05, 3.63) is 17.0 Å². The molecular formula is C12H16ClF3N4O. The highest BCUT2D eigenvalue weighted by atomic mass is 35.5. The summed E-state index contributed by atoms with van der Waals surface area (Å²) in [6.07, 6.45) is -4.05. The largest absolute Gasteiger partial charge is 0.451 e. The highest BCUT2D eigenvalue weighted by molar-refractivity contribution is 6.29. The minimum absolute atomic E-state index is 0.0145. The summed E-state index contributed by atoms with van der Waals surface area (Å²) in [6, 6.07) is 1.22. The number of carbonyl (C=O) groups excluding carboxylic acids is 1. The van der Waals surface area contributed by atoms with Gasteiger partial charge < -0.3 is 9.80 Å². The molecule has 118 valence electrons. The van der Waals surface area contributed by atoms with Gasteiger partial charge in [0, 0.05) is 26.7 Å². The number of aromatic nitrogens is 2. The van der Waals surface area contributed by atoms with Crippen molar-refractivity contribution in [1.29, 1.82) is 0 Å². The summed E-state index contributed by atoms with van der Waals surface area (Å²) < 4.78 is 38.1. The van der Waals surface area contributed by atoms with Gasteiger partial charge in [-0.3, -0.25) is 4.79 Å². The fourth-order valence-electron chi connectivity index (χ4n) is 1.54. The number of likely N-dealkylation sites (N-methyl/N-ethyl adjacent to an activating group) is 1. The van der Waals surface area contributed by atoms with E-state index in [0.29, 0.717) is 13.0 Å². The maximum atomic E-state index is 12.7. The number of nitrogens with zero attached hydrogens (tertiary/aromatic N) is 4. The predicted molar refractivity (Wildman–Crippen MR) is 73.2 cm³/mol. The van der Waals surface area contributed by atoms with Crippen molar-refractivity contribution < 1.29 is 18.0 Å². The molecule has 0 bridgehead atoms. The van der Waals surface area contributed by atoms with E-state index >= 15 is 0 Å². The van der Waals surface area contributed by atoms with Gasteiger partial charge in [0.25, 0.3) is 0 Å². The van der Waals surface area contributed by atoms with Crippen LogP contribution in [0.5, 0.6) is 0 Å². The maximum absolute atomic E-state index is 12.7. The van der Waals surface area contributed by atoms with E-state index in [1.54, 1.807) is 14.1 Å². The number of alkyl halides is 3. The summed E-state index contributed by atoms with van der Waals surface area (Å²) in [5, 5.41) is -0.314. The lowest BCUT2D eigenvalue weighted by atomic mass is 10.3. The van der Waals surface area contributed by atoms with E-state index in [0.717, 1.165) is 0 Å². The van der Waals surface area contributed by atoms with Gasteiger partial charge in [0.05, 0.1) is 6.54 Å². The lowest BCUT2D eigenvalue weighted by Crippen LogP contribution is -2.37. The van der Waals surface area contributed by atoms with Gasteiger partial charge in [0.1, 0.15) is 11.0 Å². The minimum atomic E-state index is -4.69. The van der Waals surface area contributed by atoms with Gasteiger partial charge in [-0.05, 0) is 6.42 Å². The Balaban J connectivity index is 3.13. The summed E-state index contributed by atoms with van der Waals surface area (Å²) in [5.41, 5.74) is 0. The molecule has 0 atom stereocenters. The van der Waals surface area contributed by atoms with Gasteiger partial charge in [-0.25, -0.2) is 9.97 Å². The third-order valence-corrected chi connectivity index (χ3v) is 2.77. The van der Waals surface area contributed by atoms with Crippen molar-refractivity contribution in [1.82, 2.24) is 14.9 Å². The first kappa shape index (κ1) is 17.5. The summed E-state index contributed by atoms with van der Waals surface area (Å²) in [5.74, 6) is -1.57. The first-order chi connectivity index (χ1) is 9.65. The lowest BCUT2D eigenvalue weighted by molar-refractivity contribution is -0.144. The Morgan fingerprint density at radius 1 is 1.33 bits per heavy atom. The molecule has 0 radical (unpaired) electrons. The van der Waals surface area contributed by atoms with Crippen LogP contribution >= 0.6 is 11.6 Å². The highest BCUT2D eigenvalue weighted by Crippen LogP contribution is 2.29. The molecule has 0 aliphatic carbocycles. The van der Waals surface area contributed by atoms with Crippen LogP contribution in [0.1, 0.15) is 19.2 Å². The predicted octanol–water partition coefficient (Wildman–Crippen LogP) is 2.45. The molecule has 21 heavy (non-hydrogen) atoms. The summed E-state index contributed by atoms with van der Waals surface area (Å²) >= 11 is 5.63. The zero-order chi connectivity index (χ0) is 16.2. The SMILES string of the molecule is CCCN(CC(=O)N(C)C)c1cc(Cl)nc(C(F)(F)F)n1. The molecule has 0 unspecified atom stereocenters. The summed E-state index contributed by atoms with van der Waals surface area (Å²) in [4.78, 5) is 21.2. The van der Waals surface area contributed by atoms with Crippen LogP contribution < -0.4 is 4.90 Å². The van der Waals surface area contributed by atoms with Crippen LogP contribution in [0.4, 0.5) is 19.0 Å². The third-order valence-electron chi connectivity index (χ3n) is 2.58. The molecule has 0 spiro atoms. The van der Waals surface area contributed by atoms with E-state index in [4.69, 9.17) is 11.6 Å². The molecular weight excluding hydrogens is 309 g/mol. The number of rotatable bonds is 5. The normalized spacial score (nSPS) is 11.4. The van der Waals surface area contributed by atoms with Gasteiger partial charge in [0.15, 0.2) is 0 Å². The standard InChI is InChI=1S/C12H16ClF3N4O/c1-4-5-20(7-10(21)19(2)3)9-6-8(13)17-11(18-9)12(14,15)16/h6H,4-5,7H2,1-3H3. The number of anilines is 1. The molecule has 1 amide bonds. The van der Waals surface area contributed by atoms with Crippen LogP contribution in [0.15, 0.2) is 6.07 Å². The Morgan fingerprint density at radius 3 is 2.43 bits per heavy atom. The lowest BCUT2D eigenvalue weighted by Gasteiger charge is -2.24. The van der Waals surface area contributed by atoms with E-state index in [1.165, 1.54) is 15.9 Å². The first-order valence-electron chi connectivity index (χ1n) is 6.22. The zero-order valence-electron chi connectivity index (χ0n) is 11.9. The van der Waals surface area contributed by atoms with Crippen LogP contribution in [0, 0.1) is 0 Å². The molecule has 1 heterocycles. The second-order valence-corrected chi connectivity index (χ2v) is 4.97. The average Bonchev–Trinajstić information content (AvgIpc) is 2.36. The van der Waals surface area contributed by atoms with Crippen molar-refractivity contribution in [3.8, 4) is 0 Å². The minimum Gasteiger partial charge on any atom is -0.347 e. The van der Waals surface area contributed by atoms with E-state index in [9.17, 15) is 18.0 Å². The molecule has 0 aromatic carbocycles. The molecule has 0 saturated heterocycles. The number of hydrogen-bond acceptors (Lipinski definition) is 4. The molecule has 0 aliphatic rings. The van der Waals surface area contributed by atoms with Crippen molar-refractivity contribution in [2.75, 3.05) is 32.1 Å². The summed E-state index contributed by atoms with van der Waals surface area (Å²) in [7, 11) is 3.14. The molecule has 9 heteroatoms. The van der Waals surface area contributed by atoms with Gasteiger partial charge in [-0.1, -0.05) is 18.5 Å². The molecule has 0 fully saturated rings. The zero-order valence-corrected chi connectivity index (χ0v) is 12.7. The van der Waals surface area contributed by atoms with Crippen molar-refractivity contribution in [2.24, 2.45) is 0 Å². The highest BCUT2D eigenvalue weighted by Gasteiger charge is 2.35. The van der Waals surface area contributed by atoms with Gasteiger partial charge in [-0.15, -0.1) is 0 Å². The van der Waals surface area contributed by atoms with E-state index in [-0.39, 0.29) is 23.4 Å². The first-order valence-corrected chi connectivity index (χ1v) is 6.59. The molecule has 1 rings (SSSR count). The Labute approximate surface area is 125 Å². The Bertz CT molecular complexity index is 508. The Hall–Kier alpha value is -1.57. The van der Waals surface area contributed by atoms with E-state index in [2.05, 4.69) is 9.97 Å². The number of carbonyl (C=O) groups is 1. The number of hydrogen-bond donors (Lipinski definition) is 0. The Morgan fingerprint density at radius 2 is 1.95 bits per heavy atom. The molecule has 0 N–H and O–H groups in total. The van der Waals surface area contributed by atoms with E-state index < -0.39 is 12.0 Å². The van der Waals surface area contributed by atoms with Crippen LogP contribution in [0.25, 0.3) is 0 Å². The van der Waals surface area contributed by atoms with Crippen LogP contribution in [-0.2, 0) is 11.0 Å². The van der Waals surface area contributed by atoms with Crippen LogP contribution in [0.2, 0.25) is 5.15 Å². The molecule has 0 saturated carbocycles. The molecule has 5 nitrogen and oxygen atoms in total. The maximum Gasteiger partial charge on any atom is 0.451 e. The summed E-state index contributed by atoms with van der Waals surface area (Å²) in [6.45, 7) is 2.15. The second kappa shape index (κ2) is 6.93. The molecule has 1 aromatic heterocycles. The fraction of sp³-hybridized carbons (Fsp3) is 0.583. The third kappa shape index (κ3) is 5.04. The fourth-order valence-corrected chi connectivity index (χ4v) is 1.72. The van der Waals surface area contributed by atoms with Crippen molar-refractivity contribution in [2.45, 2.75) is 19.5 Å². The van der Waals surface area contributed by atoms with Crippen LogP contribution in [-0.4, -0.2) is 48.0 Å². The van der Waals surface area contributed by atoms with Gasteiger partial charge >= 0.3 is 6.18 Å². The van der Waals surface area contributed by atoms with Crippen molar-refractivity contribution >= 4 is 23.3 Å². The quantitative estimate of drug-likeness (QED) is 0.781. The number of halogens is 4. The van der Waals surface area contributed by atoms with Gasteiger partial charge in [0.2, 0.25) is 11.7 Å². The smallest absolute Gasteiger partial charge is 0.347 e. The number of amides is 1. The molecule has 1 aromatic rings. The second-order valence-electron chi connectivity index (χ2n) is 4.58. The average molecular weight is 325 g/mol. The Kier molecular flexibility index (Phi) is 5.77. The van der Waals surface area contributed by atoms with E-state index in [1.807, 2.05) is 6.92 Å². The van der Waals surface area contributed by atoms with Gasteiger partial charge in [-0.2, -0.15) is 13.2 Å². The molecule has 0 aliphatic heterocycles.